The number of primary amides is 1. The van der Waals surface area contributed by atoms with Crippen LogP contribution in [0.1, 0.15) is 0 Å². The van der Waals surface area contributed by atoms with Crippen LogP contribution in [-0.4, -0.2) is 31.0 Å². The van der Waals surface area contributed by atoms with Crippen molar-refractivity contribution in [3.8, 4) is 5.75 Å². The predicted molar refractivity (Wildman–Crippen MR) is 123 cm³/mol. The van der Waals surface area contributed by atoms with Crippen LogP contribution in [0.25, 0.3) is 0 Å². The molecule has 0 unspecified atom stereocenters. The van der Waals surface area contributed by atoms with Gasteiger partial charge in [0, 0.05) is 14.8 Å². The van der Waals surface area contributed by atoms with E-state index in [4.69, 9.17) is 22.1 Å². The largest absolute Gasteiger partial charge is 0.477 e. The summed E-state index contributed by atoms with van der Waals surface area (Å²) in [5, 5.41) is 3.65. The molecule has 0 aromatic heterocycles. The molecule has 158 valence electrons. The zero-order valence-corrected chi connectivity index (χ0v) is 18.0. The number of para-hydroxylation sites is 3. The molecule has 1 aliphatic heterocycles. The van der Waals surface area contributed by atoms with Gasteiger partial charge in [0.25, 0.3) is 5.91 Å². The van der Waals surface area contributed by atoms with Crippen molar-refractivity contribution in [1.29, 1.82) is 0 Å². The maximum atomic E-state index is 12.9. The Bertz CT molecular complexity index is 1110. The molecule has 0 spiro atoms. The summed E-state index contributed by atoms with van der Waals surface area (Å²) < 4.78 is 5.66. The number of hydrogen-bond donors (Lipinski definition) is 2. The van der Waals surface area contributed by atoms with Gasteiger partial charge in [-0.3, -0.25) is 9.59 Å². The highest BCUT2D eigenvalue weighted by molar-refractivity contribution is 7.99. The number of benzene rings is 3. The molecule has 0 radical (unpaired) electrons. The van der Waals surface area contributed by atoms with Gasteiger partial charge in [-0.1, -0.05) is 47.6 Å². The summed E-state index contributed by atoms with van der Waals surface area (Å²) in [5.41, 5.74) is 6.90. The zero-order chi connectivity index (χ0) is 21.8. The summed E-state index contributed by atoms with van der Waals surface area (Å²) in [6.45, 7) is 0.269. The Kier molecular flexibility index (Phi) is 6.34. The van der Waals surface area contributed by atoms with Crippen molar-refractivity contribution in [2.45, 2.75) is 15.9 Å². The molecule has 31 heavy (non-hydrogen) atoms. The fourth-order valence-electron chi connectivity index (χ4n) is 3.26. The number of hydrogen-bond acceptors (Lipinski definition) is 5. The van der Waals surface area contributed by atoms with E-state index in [1.54, 1.807) is 11.0 Å². The van der Waals surface area contributed by atoms with Crippen molar-refractivity contribution < 1.29 is 14.3 Å². The van der Waals surface area contributed by atoms with Gasteiger partial charge in [-0.25, -0.2) is 0 Å². The summed E-state index contributed by atoms with van der Waals surface area (Å²) in [4.78, 5) is 28.3. The summed E-state index contributed by atoms with van der Waals surface area (Å²) in [6, 6.07) is 22.4. The van der Waals surface area contributed by atoms with Crippen molar-refractivity contribution in [3.63, 3.8) is 0 Å². The van der Waals surface area contributed by atoms with Crippen LogP contribution in [0.15, 0.2) is 82.6 Å². The molecule has 3 aromatic carbocycles. The molecular weight excluding hydrogens is 434 g/mol. The molecule has 6 nitrogen and oxygen atoms in total. The number of fused-ring (bicyclic) bond motifs is 1. The Morgan fingerprint density at radius 3 is 2.55 bits per heavy atom. The lowest BCUT2D eigenvalue weighted by atomic mass is 10.1. The van der Waals surface area contributed by atoms with E-state index in [9.17, 15) is 9.59 Å². The highest BCUT2D eigenvalue weighted by atomic mass is 35.5. The molecule has 3 N–H and O–H groups in total. The summed E-state index contributed by atoms with van der Waals surface area (Å²) in [5.74, 6) is -0.238. The Balaban J connectivity index is 1.49. The van der Waals surface area contributed by atoms with Crippen LogP contribution in [-0.2, 0) is 9.59 Å². The number of nitrogens with zero attached hydrogens (tertiary/aromatic N) is 1. The van der Waals surface area contributed by atoms with Crippen LogP contribution in [0.5, 0.6) is 5.75 Å². The van der Waals surface area contributed by atoms with Gasteiger partial charge in [-0.15, -0.1) is 0 Å². The van der Waals surface area contributed by atoms with E-state index in [0.29, 0.717) is 16.5 Å². The second-order valence-electron chi connectivity index (χ2n) is 6.96. The van der Waals surface area contributed by atoms with Gasteiger partial charge >= 0.3 is 0 Å². The first kappa shape index (κ1) is 21.1. The molecule has 0 saturated carbocycles. The first-order valence-corrected chi connectivity index (χ1v) is 10.8. The molecule has 0 bridgehead atoms. The Morgan fingerprint density at radius 1 is 1.06 bits per heavy atom. The minimum Gasteiger partial charge on any atom is -0.477 e. The fourth-order valence-corrected chi connectivity index (χ4v) is 4.28. The first-order chi connectivity index (χ1) is 15.0. The summed E-state index contributed by atoms with van der Waals surface area (Å²) in [7, 11) is 0. The molecule has 0 aliphatic carbocycles. The van der Waals surface area contributed by atoms with Crippen molar-refractivity contribution in [1.82, 2.24) is 0 Å². The fraction of sp³-hybridized carbons (Fsp3) is 0.130. The van der Waals surface area contributed by atoms with Gasteiger partial charge in [-0.2, -0.15) is 0 Å². The quantitative estimate of drug-likeness (QED) is 0.584. The highest BCUT2D eigenvalue weighted by Crippen LogP contribution is 2.35. The molecule has 3 aromatic rings. The maximum absolute atomic E-state index is 12.9. The first-order valence-electron chi connectivity index (χ1n) is 9.62. The lowest BCUT2D eigenvalue weighted by Crippen LogP contribution is -2.49. The van der Waals surface area contributed by atoms with Crippen LogP contribution in [0, 0.1) is 0 Å². The van der Waals surface area contributed by atoms with E-state index in [-0.39, 0.29) is 19.0 Å². The van der Waals surface area contributed by atoms with Gasteiger partial charge < -0.3 is 20.7 Å². The number of nitrogens with two attached hydrogens (primary N) is 1. The van der Waals surface area contributed by atoms with E-state index >= 15 is 0 Å². The SMILES string of the molecule is NC(=O)[C@H]1CN(CC(=O)Nc2ccccc2Sc2ccc(Cl)cc2)c2ccccc2O1. The van der Waals surface area contributed by atoms with Crippen molar-refractivity contribution in [2.75, 3.05) is 23.3 Å². The third-order valence-electron chi connectivity index (χ3n) is 4.72. The van der Waals surface area contributed by atoms with Gasteiger partial charge in [0.15, 0.2) is 6.10 Å². The van der Waals surface area contributed by atoms with E-state index in [2.05, 4.69) is 5.32 Å². The molecule has 1 aliphatic rings. The molecule has 0 fully saturated rings. The van der Waals surface area contributed by atoms with E-state index in [1.165, 1.54) is 11.8 Å². The van der Waals surface area contributed by atoms with Gasteiger partial charge in [-0.05, 0) is 48.5 Å². The van der Waals surface area contributed by atoms with Crippen LogP contribution in [0.3, 0.4) is 0 Å². The minimum absolute atomic E-state index is 0.0596. The molecule has 2 amide bonds. The number of halogens is 1. The lowest BCUT2D eigenvalue weighted by molar-refractivity contribution is -0.125. The van der Waals surface area contributed by atoms with Crippen molar-refractivity contribution in [2.24, 2.45) is 5.73 Å². The normalized spacial score (nSPS) is 15.0. The molecule has 4 rings (SSSR count). The van der Waals surface area contributed by atoms with Crippen LogP contribution in [0.4, 0.5) is 11.4 Å². The second-order valence-corrected chi connectivity index (χ2v) is 8.51. The smallest absolute Gasteiger partial charge is 0.260 e. The number of carbonyl (C=O) groups excluding carboxylic acids is 2. The molecule has 0 saturated heterocycles. The van der Waals surface area contributed by atoms with E-state index < -0.39 is 12.0 Å². The molecule has 8 heteroatoms. The number of rotatable bonds is 6. The Morgan fingerprint density at radius 2 is 1.77 bits per heavy atom. The number of nitrogens with one attached hydrogen (secondary N) is 1. The second kappa shape index (κ2) is 9.32. The maximum Gasteiger partial charge on any atom is 0.260 e. The summed E-state index contributed by atoms with van der Waals surface area (Å²) >= 11 is 7.50. The van der Waals surface area contributed by atoms with Gasteiger partial charge in [0.2, 0.25) is 5.91 Å². The highest BCUT2D eigenvalue weighted by Gasteiger charge is 2.30. The van der Waals surface area contributed by atoms with Crippen LogP contribution >= 0.6 is 23.4 Å². The summed E-state index contributed by atoms with van der Waals surface area (Å²) in [6.07, 6.45) is -0.810. The van der Waals surface area contributed by atoms with Gasteiger partial charge in [0.05, 0.1) is 24.5 Å². The molecule has 1 heterocycles. The van der Waals surface area contributed by atoms with Crippen LogP contribution < -0.4 is 20.7 Å². The van der Waals surface area contributed by atoms with E-state index in [1.807, 2.05) is 66.7 Å². The monoisotopic (exact) mass is 453 g/mol. The number of carbonyl (C=O) groups is 2. The third-order valence-corrected chi connectivity index (χ3v) is 6.05. The molecule has 1 atom stereocenters. The lowest BCUT2D eigenvalue weighted by Gasteiger charge is -2.34. The van der Waals surface area contributed by atoms with Crippen molar-refractivity contribution >= 4 is 46.6 Å². The third kappa shape index (κ3) is 5.13. The Hall–Kier alpha value is -3.16. The number of ether oxygens (including phenoxy) is 1. The molecular formula is C23H20ClN3O3S. The number of anilines is 2. The standard InChI is InChI=1S/C23H20ClN3O3S/c24-15-9-11-16(12-10-15)31-21-8-4-1-5-17(21)26-22(28)14-27-13-20(23(25)29)30-19-7-3-2-6-18(19)27/h1-12,20H,13-14H2,(H2,25,29)(H,26,28)/t20-/m1/s1. The zero-order valence-electron chi connectivity index (χ0n) is 16.5. The predicted octanol–water partition coefficient (Wildman–Crippen LogP) is 4.18. The Labute approximate surface area is 189 Å². The average molecular weight is 454 g/mol. The average Bonchev–Trinajstić information content (AvgIpc) is 2.76. The van der Waals surface area contributed by atoms with E-state index in [0.717, 1.165) is 15.5 Å². The minimum atomic E-state index is -0.810. The van der Waals surface area contributed by atoms with Crippen molar-refractivity contribution in [3.05, 3.63) is 77.8 Å². The van der Waals surface area contributed by atoms with Gasteiger partial charge in [0.1, 0.15) is 5.75 Å². The van der Waals surface area contributed by atoms with Crippen LogP contribution in [0.2, 0.25) is 5.02 Å². The topological polar surface area (TPSA) is 84.7 Å². The number of amides is 2.